The van der Waals surface area contributed by atoms with E-state index in [0.29, 0.717) is 16.3 Å². The summed E-state index contributed by atoms with van der Waals surface area (Å²) in [6, 6.07) is 23.6. The van der Waals surface area contributed by atoms with Crippen molar-refractivity contribution in [3.8, 4) is 0 Å². The Morgan fingerprint density at radius 3 is 2.21 bits per heavy atom. The first-order valence-corrected chi connectivity index (χ1v) is 7.79. The molecule has 0 aliphatic carbocycles. The van der Waals surface area contributed by atoms with Gasteiger partial charge in [0.2, 0.25) is 0 Å². The molecular weight excluding hydrogens is 322 g/mol. The second kappa shape index (κ2) is 7.17. The molecule has 5 heteroatoms. The minimum Gasteiger partial charge on any atom is -0.354 e. The van der Waals surface area contributed by atoms with Crippen LogP contribution in [0.2, 0.25) is 5.02 Å². The highest BCUT2D eigenvalue weighted by Gasteiger charge is 2.16. The number of benzene rings is 3. The maximum absolute atomic E-state index is 12.6. The van der Waals surface area contributed by atoms with Crippen LogP contribution in [0, 0.1) is 0 Å². The molecule has 3 aromatic rings. The Hall–Kier alpha value is -2.82. The van der Waals surface area contributed by atoms with Gasteiger partial charge in [-0.15, -0.1) is 0 Å². The van der Waals surface area contributed by atoms with Crippen LogP contribution in [0.1, 0.15) is 10.4 Å². The molecule has 24 heavy (non-hydrogen) atoms. The quantitative estimate of drug-likeness (QED) is 0.415. The predicted molar refractivity (Wildman–Crippen MR) is 98.6 cm³/mol. The van der Waals surface area contributed by atoms with E-state index in [0.717, 1.165) is 16.4 Å². The number of hydrogen-bond acceptors (Lipinski definition) is 3. The van der Waals surface area contributed by atoms with Gasteiger partial charge in [-0.25, -0.2) is 10.9 Å². The fraction of sp³-hybridized carbons (Fsp3) is 0. The molecule has 3 aromatic carbocycles. The molecular formula is C19H16ClN3O. The lowest BCUT2D eigenvalue weighted by atomic mass is 10.2. The Morgan fingerprint density at radius 2 is 1.50 bits per heavy atom. The van der Waals surface area contributed by atoms with Crippen LogP contribution in [0.4, 0.5) is 17.1 Å². The van der Waals surface area contributed by atoms with E-state index in [9.17, 15) is 4.79 Å². The lowest BCUT2D eigenvalue weighted by molar-refractivity contribution is 0.0987. The van der Waals surface area contributed by atoms with Gasteiger partial charge < -0.3 is 5.32 Å². The van der Waals surface area contributed by atoms with Crippen molar-refractivity contribution in [2.24, 2.45) is 5.84 Å². The maximum Gasteiger partial charge on any atom is 0.272 e. The zero-order valence-corrected chi connectivity index (χ0v) is 13.6. The highest BCUT2D eigenvalue weighted by Crippen LogP contribution is 2.28. The first kappa shape index (κ1) is 16.1. The summed E-state index contributed by atoms with van der Waals surface area (Å²) in [5, 5.41) is 5.06. The topological polar surface area (TPSA) is 58.4 Å². The monoisotopic (exact) mass is 337 g/mol. The van der Waals surface area contributed by atoms with Gasteiger partial charge in [-0.1, -0.05) is 41.9 Å². The lowest BCUT2D eigenvalue weighted by Crippen LogP contribution is -2.37. The molecule has 4 nitrogen and oxygen atoms in total. The van der Waals surface area contributed by atoms with E-state index >= 15 is 0 Å². The molecule has 0 heterocycles. The van der Waals surface area contributed by atoms with Crippen molar-refractivity contribution in [1.82, 2.24) is 0 Å². The summed E-state index contributed by atoms with van der Waals surface area (Å²) in [7, 11) is 0. The van der Waals surface area contributed by atoms with E-state index in [4.69, 9.17) is 17.4 Å². The van der Waals surface area contributed by atoms with Crippen molar-refractivity contribution in [2.45, 2.75) is 0 Å². The van der Waals surface area contributed by atoms with Gasteiger partial charge in [0.1, 0.15) is 0 Å². The van der Waals surface area contributed by atoms with Crippen LogP contribution in [0.3, 0.4) is 0 Å². The Balaban J connectivity index is 1.88. The predicted octanol–water partition coefficient (Wildman–Crippen LogP) is 4.60. The number of hydrazine groups is 1. The summed E-state index contributed by atoms with van der Waals surface area (Å²) in [6.07, 6.45) is 0. The zero-order chi connectivity index (χ0) is 16.9. The second-order valence-corrected chi connectivity index (χ2v) is 5.63. The number of rotatable bonds is 4. The number of nitrogens with zero attached hydrogens (tertiary/aromatic N) is 1. The molecule has 0 unspecified atom stereocenters. The van der Waals surface area contributed by atoms with Gasteiger partial charge in [0.15, 0.2) is 0 Å². The number of hydrogen-bond donors (Lipinski definition) is 2. The van der Waals surface area contributed by atoms with E-state index < -0.39 is 0 Å². The fourth-order valence-corrected chi connectivity index (χ4v) is 2.43. The first-order chi connectivity index (χ1) is 11.6. The highest BCUT2D eigenvalue weighted by atomic mass is 35.5. The van der Waals surface area contributed by atoms with E-state index in [1.54, 1.807) is 42.5 Å². The number of nitrogens with two attached hydrogens (primary N) is 1. The van der Waals surface area contributed by atoms with Crippen LogP contribution in [0.15, 0.2) is 78.9 Å². The molecule has 1 amide bonds. The van der Waals surface area contributed by atoms with Gasteiger partial charge in [-0.2, -0.15) is 0 Å². The molecule has 0 aliphatic rings. The Bertz CT molecular complexity index is 835. The SMILES string of the molecule is NN(C(=O)c1ccccc1)c1ccccc1Nc1ccc(Cl)cc1. The minimum atomic E-state index is -0.277. The Morgan fingerprint density at radius 1 is 0.875 bits per heavy atom. The van der Waals surface area contributed by atoms with Crippen LogP contribution < -0.4 is 16.2 Å². The van der Waals surface area contributed by atoms with Crippen LogP contribution in [-0.2, 0) is 0 Å². The van der Waals surface area contributed by atoms with Crippen LogP contribution >= 0.6 is 11.6 Å². The van der Waals surface area contributed by atoms with E-state index in [2.05, 4.69) is 5.32 Å². The van der Waals surface area contributed by atoms with Gasteiger partial charge in [0.05, 0.1) is 11.4 Å². The second-order valence-electron chi connectivity index (χ2n) is 5.19. The Kier molecular flexibility index (Phi) is 4.79. The minimum absolute atomic E-state index is 0.277. The van der Waals surface area contributed by atoms with E-state index in [1.165, 1.54) is 0 Å². The van der Waals surface area contributed by atoms with Crippen molar-refractivity contribution in [2.75, 3.05) is 10.3 Å². The molecule has 0 atom stereocenters. The summed E-state index contributed by atoms with van der Waals surface area (Å²) >= 11 is 5.91. The summed E-state index contributed by atoms with van der Waals surface area (Å²) in [6.45, 7) is 0. The summed E-state index contributed by atoms with van der Waals surface area (Å²) in [5.41, 5.74) is 2.70. The van der Waals surface area contributed by atoms with Crippen molar-refractivity contribution >= 4 is 34.6 Å². The van der Waals surface area contributed by atoms with Crippen molar-refractivity contribution < 1.29 is 4.79 Å². The Labute approximate surface area is 145 Å². The number of carbonyl (C=O) groups excluding carboxylic acids is 1. The number of halogens is 1. The summed E-state index contributed by atoms with van der Waals surface area (Å²) in [4.78, 5) is 12.6. The standard InChI is InChI=1S/C19H16ClN3O/c20-15-10-12-16(13-11-15)22-17-8-4-5-9-18(17)23(21)19(24)14-6-2-1-3-7-14/h1-13,22H,21H2. The van der Waals surface area contributed by atoms with Crippen molar-refractivity contribution in [1.29, 1.82) is 0 Å². The zero-order valence-electron chi connectivity index (χ0n) is 12.8. The fourth-order valence-electron chi connectivity index (χ4n) is 2.31. The molecule has 0 aliphatic heterocycles. The third kappa shape index (κ3) is 3.56. The van der Waals surface area contributed by atoms with Gasteiger partial charge >= 0.3 is 0 Å². The van der Waals surface area contributed by atoms with Crippen LogP contribution in [0.5, 0.6) is 0 Å². The molecule has 3 N–H and O–H groups in total. The molecule has 3 rings (SSSR count). The summed E-state index contributed by atoms with van der Waals surface area (Å²) in [5.74, 6) is 5.79. The maximum atomic E-state index is 12.6. The lowest BCUT2D eigenvalue weighted by Gasteiger charge is -2.21. The normalized spacial score (nSPS) is 10.2. The third-order valence-corrected chi connectivity index (χ3v) is 3.78. The van der Waals surface area contributed by atoms with Crippen LogP contribution in [0.25, 0.3) is 0 Å². The molecule has 0 aromatic heterocycles. The molecule has 0 fully saturated rings. The average molecular weight is 338 g/mol. The number of anilines is 3. The molecule has 0 bridgehead atoms. The average Bonchev–Trinajstić information content (AvgIpc) is 2.63. The van der Waals surface area contributed by atoms with Crippen molar-refractivity contribution in [3.63, 3.8) is 0 Å². The van der Waals surface area contributed by atoms with E-state index in [1.807, 2.05) is 36.4 Å². The van der Waals surface area contributed by atoms with E-state index in [-0.39, 0.29) is 5.91 Å². The number of nitrogens with one attached hydrogen (secondary N) is 1. The van der Waals surface area contributed by atoms with Crippen LogP contribution in [-0.4, -0.2) is 5.91 Å². The molecule has 0 spiro atoms. The number of amides is 1. The number of carbonyl (C=O) groups is 1. The van der Waals surface area contributed by atoms with Gasteiger partial charge in [-0.05, 0) is 48.5 Å². The number of para-hydroxylation sites is 2. The molecule has 0 radical (unpaired) electrons. The third-order valence-electron chi connectivity index (χ3n) is 3.53. The molecule has 0 saturated heterocycles. The van der Waals surface area contributed by atoms with Gasteiger partial charge in [0.25, 0.3) is 5.91 Å². The highest BCUT2D eigenvalue weighted by molar-refractivity contribution is 6.30. The van der Waals surface area contributed by atoms with Crippen molar-refractivity contribution in [3.05, 3.63) is 89.4 Å². The smallest absolute Gasteiger partial charge is 0.272 e. The first-order valence-electron chi connectivity index (χ1n) is 7.41. The molecule has 120 valence electrons. The largest absolute Gasteiger partial charge is 0.354 e. The molecule has 0 saturated carbocycles. The van der Waals surface area contributed by atoms with Gasteiger partial charge in [0, 0.05) is 16.3 Å². The summed E-state index contributed by atoms with van der Waals surface area (Å²) < 4.78 is 0. The van der Waals surface area contributed by atoms with Gasteiger partial charge in [-0.3, -0.25) is 4.79 Å².